The van der Waals surface area contributed by atoms with Gasteiger partial charge in [-0.1, -0.05) is 12.1 Å². The molecule has 0 atom stereocenters. The molecule has 2 aromatic rings. The molecular formula is C16H16FN3O2. The molecule has 0 spiro atoms. The van der Waals surface area contributed by atoms with Crippen LogP contribution in [0.3, 0.4) is 0 Å². The van der Waals surface area contributed by atoms with Crippen molar-refractivity contribution >= 4 is 17.8 Å². The molecule has 0 aliphatic carbocycles. The Morgan fingerprint density at radius 3 is 2.73 bits per heavy atom. The number of hydrogen-bond donors (Lipinski definition) is 2. The van der Waals surface area contributed by atoms with Crippen molar-refractivity contribution in [1.29, 1.82) is 0 Å². The summed E-state index contributed by atoms with van der Waals surface area (Å²) >= 11 is 0. The molecule has 0 aliphatic rings. The predicted molar refractivity (Wildman–Crippen MR) is 83.6 cm³/mol. The lowest BCUT2D eigenvalue weighted by Crippen LogP contribution is -2.25. The Hall–Kier alpha value is -2.89. The Labute approximate surface area is 127 Å². The summed E-state index contributed by atoms with van der Waals surface area (Å²) in [6.07, 6.45) is 1.38. The fourth-order valence-electron chi connectivity index (χ4n) is 1.70. The Morgan fingerprint density at radius 1 is 1.27 bits per heavy atom. The zero-order chi connectivity index (χ0) is 15.8. The zero-order valence-corrected chi connectivity index (χ0v) is 12.0. The van der Waals surface area contributed by atoms with Crippen molar-refractivity contribution in [3.63, 3.8) is 0 Å². The summed E-state index contributed by atoms with van der Waals surface area (Å²) in [6.45, 7) is 0.0762. The standard InChI is InChI=1S/C16H16FN3O2/c1-22-15-7-5-14(6-8-15)18-11-16(21)20-19-10-12-3-2-4-13(17)9-12/h2-10,18H,11H2,1H3,(H,20,21)/b19-10-. The number of benzene rings is 2. The van der Waals surface area contributed by atoms with Gasteiger partial charge < -0.3 is 10.1 Å². The molecule has 0 saturated carbocycles. The fraction of sp³-hybridized carbons (Fsp3) is 0.125. The van der Waals surface area contributed by atoms with E-state index in [1.165, 1.54) is 18.3 Å². The van der Waals surface area contributed by atoms with Crippen LogP contribution in [-0.4, -0.2) is 25.8 Å². The van der Waals surface area contributed by atoms with E-state index in [9.17, 15) is 9.18 Å². The minimum absolute atomic E-state index is 0.0762. The monoisotopic (exact) mass is 301 g/mol. The van der Waals surface area contributed by atoms with Gasteiger partial charge in [-0.3, -0.25) is 4.79 Å². The number of nitrogens with one attached hydrogen (secondary N) is 2. The maximum Gasteiger partial charge on any atom is 0.259 e. The Kier molecular flexibility index (Phi) is 5.48. The lowest BCUT2D eigenvalue weighted by molar-refractivity contribution is -0.119. The number of halogens is 1. The highest BCUT2D eigenvalue weighted by molar-refractivity contribution is 5.84. The number of carbonyl (C=O) groups is 1. The van der Waals surface area contributed by atoms with E-state index in [1.807, 2.05) is 12.1 Å². The number of anilines is 1. The van der Waals surface area contributed by atoms with Gasteiger partial charge in [-0.05, 0) is 42.0 Å². The summed E-state index contributed by atoms with van der Waals surface area (Å²) in [5, 5.41) is 6.72. The number of amides is 1. The highest BCUT2D eigenvalue weighted by atomic mass is 19.1. The molecule has 0 aromatic heterocycles. The maximum atomic E-state index is 12.9. The molecule has 0 unspecified atom stereocenters. The summed E-state index contributed by atoms with van der Waals surface area (Å²) in [4.78, 5) is 11.6. The first kappa shape index (κ1) is 15.5. The average Bonchev–Trinajstić information content (AvgIpc) is 2.53. The molecule has 2 aromatic carbocycles. The largest absolute Gasteiger partial charge is 0.497 e. The van der Waals surface area contributed by atoms with Gasteiger partial charge in [0.2, 0.25) is 0 Å². The number of rotatable bonds is 6. The molecule has 0 radical (unpaired) electrons. The van der Waals surface area contributed by atoms with Gasteiger partial charge in [0.15, 0.2) is 0 Å². The van der Waals surface area contributed by atoms with E-state index in [1.54, 1.807) is 31.4 Å². The van der Waals surface area contributed by atoms with Crippen LogP contribution in [-0.2, 0) is 4.79 Å². The van der Waals surface area contributed by atoms with E-state index in [2.05, 4.69) is 15.8 Å². The molecule has 22 heavy (non-hydrogen) atoms. The highest BCUT2D eigenvalue weighted by Gasteiger charge is 2.00. The third-order valence-electron chi connectivity index (χ3n) is 2.79. The van der Waals surface area contributed by atoms with E-state index < -0.39 is 0 Å². The van der Waals surface area contributed by atoms with E-state index >= 15 is 0 Å². The number of hydrazone groups is 1. The Balaban J connectivity index is 1.77. The second kappa shape index (κ2) is 7.78. The van der Waals surface area contributed by atoms with Gasteiger partial charge >= 0.3 is 0 Å². The molecule has 5 nitrogen and oxygen atoms in total. The molecule has 0 saturated heterocycles. The number of nitrogens with zero attached hydrogens (tertiary/aromatic N) is 1. The van der Waals surface area contributed by atoms with Crippen LogP contribution in [0, 0.1) is 5.82 Å². The maximum absolute atomic E-state index is 12.9. The summed E-state index contributed by atoms with van der Waals surface area (Å²) in [5.74, 6) is 0.0922. The van der Waals surface area contributed by atoms with Gasteiger partial charge in [-0.15, -0.1) is 0 Å². The van der Waals surface area contributed by atoms with Gasteiger partial charge in [0, 0.05) is 5.69 Å². The zero-order valence-electron chi connectivity index (χ0n) is 12.0. The lowest BCUT2D eigenvalue weighted by atomic mass is 10.2. The van der Waals surface area contributed by atoms with Crippen molar-refractivity contribution in [1.82, 2.24) is 5.43 Å². The molecule has 0 heterocycles. The molecule has 2 rings (SSSR count). The average molecular weight is 301 g/mol. The molecule has 0 fully saturated rings. The number of hydrogen-bond acceptors (Lipinski definition) is 4. The van der Waals surface area contributed by atoms with Crippen LogP contribution in [0.15, 0.2) is 53.6 Å². The van der Waals surface area contributed by atoms with E-state index in [0.29, 0.717) is 5.56 Å². The van der Waals surface area contributed by atoms with Gasteiger partial charge in [-0.2, -0.15) is 5.10 Å². The van der Waals surface area contributed by atoms with E-state index in [-0.39, 0.29) is 18.3 Å². The number of ether oxygens (including phenoxy) is 1. The summed E-state index contributed by atoms with van der Waals surface area (Å²) in [7, 11) is 1.59. The molecular weight excluding hydrogens is 285 g/mol. The minimum atomic E-state index is -0.351. The van der Waals surface area contributed by atoms with Crippen LogP contribution in [0.5, 0.6) is 5.75 Å². The first-order valence-electron chi connectivity index (χ1n) is 6.63. The van der Waals surface area contributed by atoms with Crippen LogP contribution >= 0.6 is 0 Å². The van der Waals surface area contributed by atoms with Crippen LogP contribution in [0.2, 0.25) is 0 Å². The van der Waals surface area contributed by atoms with E-state index in [4.69, 9.17) is 4.74 Å². The van der Waals surface area contributed by atoms with Gasteiger partial charge in [0.05, 0.1) is 19.9 Å². The lowest BCUT2D eigenvalue weighted by Gasteiger charge is -2.06. The summed E-state index contributed by atoms with van der Waals surface area (Å²) < 4.78 is 18.0. The normalized spacial score (nSPS) is 10.5. The van der Waals surface area contributed by atoms with Crippen molar-refractivity contribution < 1.29 is 13.9 Å². The molecule has 114 valence electrons. The van der Waals surface area contributed by atoms with Crippen molar-refractivity contribution in [2.45, 2.75) is 0 Å². The second-order valence-corrected chi connectivity index (χ2v) is 4.43. The molecule has 6 heteroatoms. The van der Waals surface area contributed by atoms with Gasteiger partial charge in [0.1, 0.15) is 11.6 Å². The van der Waals surface area contributed by atoms with Gasteiger partial charge in [0.25, 0.3) is 5.91 Å². The third kappa shape index (κ3) is 4.90. The van der Waals surface area contributed by atoms with Crippen LogP contribution < -0.4 is 15.5 Å². The molecule has 0 aliphatic heterocycles. The van der Waals surface area contributed by atoms with E-state index in [0.717, 1.165) is 11.4 Å². The Morgan fingerprint density at radius 2 is 2.05 bits per heavy atom. The first-order chi connectivity index (χ1) is 10.7. The number of methoxy groups -OCH3 is 1. The number of carbonyl (C=O) groups excluding carboxylic acids is 1. The Bertz CT molecular complexity index is 657. The predicted octanol–water partition coefficient (Wildman–Crippen LogP) is 2.40. The van der Waals surface area contributed by atoms with Crippen molar-refractivity contribution in [2.24, 2.45) is 5.10 Å². The smallest absolute Gasteiger partial charge is 0.259 e. The summed E-state index contributed by atoms with van der Waals surface area (Å²) in [6, 6.07) is 13.1. The van der Waals surface area contributed by atoms with Crippen molar-refractivity contribution in [2.75, 3.05) is 19.0 Å². The van der Waals surface area contributed by atoms with Crippen molar-refractivity contribution in [3.8, 4) is 5.75 Å². The van der Waals surface area contributed by atoms with Gasteiger partial charge in [-0.25, -0.2) is 9.82 Å². The fourth-order valence-corrected chi connectivity index (χ4v) is 1.70. The SMILES string of the molecule is COc1ccc(NCC(=O)N/N=C\c2cccc(F)c2)cc1. The summed E-state index contributed by atoms with van der Waals surface area (Å²) in [5.41, 5.74) is 3.73. The quantitative estimate of drug-likeness (QED) is 0.636. The van der Waals surface area contributed by atoms with Crippen LogP contribution in [0.1, 0.15) is 5.56 Å². The van der Waals surface area contributed by atoms with Crippen LogP contribution in [0.4, 0.5) is 10.1 Å². The van der Waals surface area contributed by atoms with Crippen molar-refractivity contribution in [3.05, 3.63) is 59.9 Å². The highest BCUT2D eigenvalue weighted by Crippen LogP contribution is 2.14. The molecule has 1 amide bonds. The molecule has 0 bridgehead atoms. The second-order valence-electron chi connectivity index (χ2n) is 4.43. The topological polar surface area (TPSA) is 62.7 Å². The van der Waals surface area contributed by atoms with Crippen LogP contribution in [0.25, 0.3) is 0 Å². The molecule has 2 N–H and O–H groups in total. The minimum Gasteiger partial charge on any atom is -0.497 e. The first-order valence-corrected chi connectivity index (χ1v) is 6.63. The third-order valence-corrected chi connectivity index (χ3v) is 2.79.